The van der Waals surface area contributed by atoms with Crippen molar-refractivity contribution in [2.45, 2.75) is 45.4 Å². The minimum absolute atomic E-state index is 0.00413. The molecule has 0 aromatic heterocycles. The molecule has 0 spiro atoms. The average molecular weight is 286 g/mol. The van der Waals surface area contributed by atoms with Gasteiger partial charge in [0.2, 0.25) is 10.0 Å². The van der Waals surface area contributed by atoms with Gasteiger partial charge >= 0.3 is 0 Å². The van der Waals surface area contributed by atoms with Crippen molar-refractivity contribution in [3.8, 4) is 0 Å². The Morgan fingerprint density at radius 1 is 1.07 bits per heavy atom. The highest BCUT2D eigenvalue weighted by molar-refractivity contribution is 9.10. The predicted octanol–water partition coefficient (Wildman–Crippen LogP) is 2.62. The molecule has 0 aromatic rings. The van der Waals surface area contributed by atoms with Crippen molar-refractivity contribution in [1.29, 1.82) is 0 Å². The van der Waals surface area contributed by atoms with Crippen LogP contribution in [0, 0.1) is 0 Å². The SMILES string of the molecule is CCCCCCCCNS(=O)(=O)CBr. The summed E-state index contributed by atoms with van der Waals surface area (Å²) in [7, 11) is -3.05. The van der Waals surface area contributed by atoms with Crippen molar-refractivity contribution < 1.29 is 8.42 Å². The largest absolute Gasteiger partial charge is 0.221 e. The second kappa shape index (κ2) is 8.68. The molecule has 0 aromatic carbocycles. The first-order chi connectivity index (χ1) is 6.62. The number of hydrogen-bond donors (Lipinski definition) is 1. The normalized spacial score (nSPS) is 11.9. The van der Waals surface area contributed by atoms with E-state index in [0.29, 0.717) is 6.54 Å². The van der Waals surface area contributed by atoms with Gasteiger partial charge in [-0.05, 0) is 6.42 Å². The molecule has 0 aliphatic heterocycles. The lowest BCUT2D eigenvalue weighted by molar-refractivity contribution is 0.571. The number of alkyl halides is 1. The maximum atomic E-state index is 11.0. The van der Waals surface area contributed by atoms with Crippen molar-refractivity contribution >= 4 is 26.0 Å². The Hall–Kier alpha value is 0.390. The smallest absolute Gasteiger partial charge is 0.215 e. The van der Waals surface area contributed by atoms with Crippen molar-refractivity contribution in [3.05, 3.63) is 0 Å². The van der Waals surface area contributed by atoms with Gasteiger partial charge in [0.1, 0.15) is 4.66 Å². The van der Waals surface area contributed by atoms with Crippen LogP contribution < -0.4 is 4.72 Å². The van der Waals surface area contributed by atoms with E-state index in [1.807, 2.05) is 0 Å². The molecule has 3 nitrogen and oxygen atoms in total. The summed E-state index contributed by atoms with van der Waals surface area (Å²) in [6, 6.07) is 0. The fourth-order valence-electron chi connectivity index (χ4n) is 1.17. The van der Waals surface area contributed by atoms with Gasteiger partial charge in [-0.2, -0.15) is 0 Å². The summed E-state index contributed by atoms with van der Waals surface area (Å²) in [6.45, 7) is 2.75. The van der Waals surface area contributed by atoms with Gasteiger partial charge in [0.25, 0.3) is 0 Å². The first kappa shape index (κ1) is 14.4. The second-order valence-corrected chi connectivity index (χ2v) is 6.50. The lowest BCUT2D eigenvalue weighted by Gasteiger charge is -2.03. The quantitative estimate of drug-likeness (QED) is 0.523. The lowest BCUT2D eigenvalue weighted by Crippen LogP contribution is -2.25. The van der Waals surface area contributed by atoms with Gasteiger partial charge in [-0.15, -0.1) is 0 Å². The number of sulfonamides is 1. The molecular weight excluding hydrogens is 266 g/mol. The number of nitrogens with one attached hydrogen (secondary N) is 1. The van der Waals surface area contributed by atoms with Gasteiger partial charge < -0.3 is 0 Å². The first-order valence-electron chi connectivity index (χ1n) is 5.15. The number of hydrogen-bond acceptors (Lipinski definition) is 2. The van der Waals surface area contributed by atoms with E-state index < -0.39 is 10.0 Å². The highest BCUT2D eigenvalue weighted by Crippen LogP contribution is 2.04. The molecule has 86 valence electrons. The van der Waals surface area contributed by atoms with Crippen LogP contribution in [0.25, 0.3) is 0 Å². The molecule has 0 saturated carbocycles. The molecule has 0 radical (unpaired) electrons. The Balaban J connectivity index is 3.22. The molecule has 0 heterocycles. The van der Waals surface area contributed by atoms with E-state index in [1.165, 1.54) is 25.7 Å². The van der Waals surface area contributed by atoms with E-state index in [-0.39, 0.29) is 4.66 Å². The highest BCUT2D eigenvalue weighted by atomic mass is 79.9. The van der Waals surface area contributed by atoms with Gasteiger partial charge in [0.15, 0.2) is 0 Å². The number of halogens is 1. The summed E-state index contributed by atoms with van der Waals surface area (Å²) in [5, 5.41) is 0. The Morgan fingerprint density at radius 2 is 1.64 bits per heavy atom. The van der Waals surface area contributed by atoms with Gasteiger partial charge in [0, 0.05) is 6.54 Å². The van der Waals surface area contributed by atoms with Crippen molar-refractivity contribution in [2.24, 2.45) is 0 Å². The Labute approximate surface area is 95.8 Å². The van der Waals surface area contributed by atoms with Crippen LogP contribution in [0.5, 0.6) is 0 Å². The van der Waals surface area contributed by atoms with E-state index in [4.69, 9.17) is 0 Å². The Kier molecular flexibility index (Phi) is 8.92. The van der Waals surface area contributed by atoms with E-state index in [1.54, 1.807) is 0 Å². The number of unbranched alkanes of at least 4 members (excludes halogenated alkanes) is 5. The van der Waals surface area contributed by atoms with Crippen molar-refractivity contribution in [1.82, 2.24) is 4.72 Å². The maximum Gasteiger partial charge on any atom is 0.221 e. The van der Waals surface area contributed by atoms with Crippen LogP contribution in [-0.2, 0) is 10.0 Å². The van der Waals surface area contributed by atoms with Crippen LogP contribution in [0.4, 0.5) is 0 Å². The topological polar surface area (TPSA) is 46.2 Å². The molecule has 14 heavy (non-hydrogen) atoms. The molecule has 0 aliphatic rings. The lowest BCUT2D eigenvalue weighted by atomic mass is 10.1. The summed E-state index contributed by atoms with van der Waals surface area (Å²) in [6.07, 6.45) is 7.07. The summed E-state index contributed by atoms with van der Waals surface area (Å²) < 4.78 is 24.5. The fourth-order valence-corrected chi connectivity index (χ4v) is 2.19. The fraction of sp³-hybridized carbons (Fsp3) is 1.00. The zero-order valence-corrected chi connectivity index (χ0v) is 11.2. The molecule has 0 fully saturated rings. The minimum Gasteiger partial charge on any atom is -0.215 e. The summed E-state index contributed by atoms with van der Waals surface area (Å²) >= 11 is 2.92. The minimum atomic E-state index is -3.05. The Bertz CT molecular complexity index is 217. The molecule has 1 N–H and O–H groups in total. The third-order valence-electron chi connectivity index (χ3n) is 2.00. The molecule has 0 rings (SSSR count). The van der Waals surface area contributed by atoms with Crippen LogP contribution in [0.2, 0.25) is 0 Å². The van der Waals surface area contributed by atoms with Gasteiger partial charge in [-0.3, -0.25) is 0 Å². The van der Waals surface area contributed by atoms with E-state index in [0.717, 1.165) is 12.8 Å². The van der Waals surface area contributed by atoms with E-state index in [9.17, 15) is 8.42 Å². The van der Waals surface area contributed by atoms with Crippen LogP contribution in [0.3, 0.4) is 0 Å². The zero-order valence-electron chi connectivity index (χ0n) is 8.76. The van der Waals surface area contributed by atoms with Crippen LogP contribution in [0.15, 0.2) is 0 Å². The molecule has 0 bridgehead atoms. The maximum absolute atomic E-state index is 11.0. The Morgan fingerprint density at radius 3 is 2.21 bits per heavy atom. The number of rotatable bonds is 9. The third kappa shape index (κ3) is 8.97. The van der Waals surface area contributed by atoms with Crippen molar-refractivity contribution in [3.63, 3.8) is 0 Å². The van der Waals surface area contributed by atoms with Gasteiger partial charge in [0.05, 0.1) is 0 Å². The van der Waals surface area contributed by atoms with E-state index in [2.05, 4.69) is 27.6 Å². The third-order valence-corrected chi connectivity index (χ3v) is 4.74. The summed E-state index contributed by atoms with van der Waals surface area (Å²) in [4.78, 5) is 0. The predicted molar refractivity (Wildman–Crippen MR) is 64.1 cm³/mol. The van der Waals surface area contributed by atoms with Gasteiger partial charge in [-0.25, -0.2) is 13.1 Å². The molecule has 0 atom stereocenters. The molecular formula is C9H20BrNO2S. The van der Waals surface area contributed by atoms with Gasteiger partial charge in [-0.1, -0.05) is 55.0 Å². The molecule has 0 saturated heterocycles. The first-order valence-corrected chi connectivity index (χ1v) is 7.93. The van der Waals surface area contributed by atoms with Crippen molar-refractivity contribution in [2.75, 3.05) is 11.2 Å². The van der Waals surface area contributed by atoms with E-state index >= 15 is 0 Å². The molecule has 0 unspecified atom stereocenters. The molecule has 0 amide bonds. The van der Waals surface area contributed by atoms with Crippen LogP contribution in [0.1, 0.15) is 45.4 Å². The molecule has 5 heteroatoms. The van der Waals surface area contributed by atoms with Crippen LogP contribution >= 0.6 is 15.9 Å². The zero-order chi connectivity index (χ0) is 10.9. The van der Waals surface area contributed by atoms with Crippen LogP contribution in [-0.4, -0.2) is 19.6 Å². The summed E-state index contributed by atoms with van der Waals surface area (Å²) in [5.74, 6) is 0. The second-order valence-electron chi connectivity index (χ2n) is 3.39. The standard InChI is InChI=1S/C9H20BrNO2S/c1-2-3-4-5-6-7-8-11-14(12,13)9-10/h11H,2-9H2,1H3. The summed E-state index contributed by atoms with van der Waals surface area (Å²) in [5.41, 5.74) is 0. The average Bonchev–Trinajstić information content (AvgIpc) is 2.16. The molecule has 0 aliphatic carbocycles. The monoisotopic (exact) mass is 285 g/mol. The highest BCUT2D eigenvalue weighted by Gasteiger charge is 2.04.